The number of hydrogen-bond acceptors (Lipinski definition) is 3. The maximum absolute atomic E-state index is 13.4. The highest BCUT2D eigenvalue weighted by Crippen LogP contribution is 2.17. The van der Waals surface area contributed by atoms with Crippen LogP contribution in [0.1, 0.15) is 5.56 Å². The van der Waals surface area contributed by atoms with E-state index in [1.165, 1.54) is 6.07 Å². The van der Waals surface area contributed by atoms with Gasteiger partial charge in [-0.2, -0.15) is 0 Å². The van der Waals surface area contributed by atoms with Gasteiger partial charge in [0.15, 0.2) is 0 Å². The lowest BCUT2D eigenvalue weighted by molar-refractivity contribution is -0.114. The van der Waals surface area contributed by atoms with Crippen molar-refractivity contribution in [3.8, 4) is 5.75 Å². The fourth-order valence-corrected chi connectivity index (χ4v) is 1.79. The number of carbonyl (C=O) groups excluding carboxylic acids is 1. The normalized spacial score (nSPS) is 10.0. The van der Waals surface area contributed by atoms with Crippen LogP contribution in [0.4, 0.5) is 15.8 Å². The van der Waals surface area contributed by atoms with E-state index in [0.29, 0.717) is 22.7 Å². The molecule has 21 heavy (non-hydrogen) atoms. The fourth-order valence-electron chi connectivity index (χ4n) is 1.79. The number of carbonyl (C=O) groups is 1. The van der Waals surface area contributed by atoms with Crippen LogP contribution in [0.2, 0.25) is 0 Å². The Hall–Kier alpha value is -2.56. The molecule has 0 atom stereocenters. The number of rotatable bonds is 5. The topological polar surface area (TPSA) is 50.4 Å². The average molecular weight is 288 g/mol. The van der Waals surface area contributed by atoms with E-state index >= 15 is 0 Å². The summed E-state index contributed by atoms with van der Waals surface area (Å²) < 4.78 is 18.5. The van der Waals surface area contributed by atoms with Crippen LogP contribution in [0.5, 0.6) is 5.75 Å². The molecule has 2 N–H and O–H groups in total. The lowest BCUT2D eigenvalue weighted by Crippen LogP contribution is -2.21. The van der Waals surface area contributed by atoms with Gasteiger partial charge in [-0.05, 0) is 36.8 Å². The van der Waals surface area contributed by atoms with Crippen LogP contribution in [-0.4, -0.2) is 19.6 Å². The van der Waals surface area contributed by atoms with Crippen LogP contribution in [0.15, 0.2) is 42.5 Å². The van der Waals surface area contributed by atoms with E-state index in [1.54, 1.807) is 50.4 Å². The minimum Gasteiger partial charge on any atom is -0.497 e. The van der Waals surface area contributed by atoms with E-state index in [2.05, 4.69) is 10.6 Å². The highest BCUT2D eigenvalue weighted by Gasteiger charge is 2.04. The number of benzene rings is 2. The molecule has 0 saturated heterocycles. The Balaban J connectivity index is 1.90. The Morgan fingerprint density at radius 1 is 1.19 bits per heavy atom. The number of ether oxygens (including phenoxy) is 1. The van der Waals surface area contributed by atoms with Gasteiger partial charge >= 0.3 is 0 Å². The third kappa shape index (κ3) is 4.21. The molecule has 0 spiro atoms. The molecule has 2 rings (SSSR count). The average Bonchev–Trinajstić information content (AvgIpc) is 2.48. The van der Waals surface area contributed by atoms with Gasteiger partial charge in [0.1, 0.15) is 11.6 Å². The molecule has 0 unspecified atom stereocenters. The fraction of sp³-hybridized carbons (Fsp3) is 0.188. The Kier molecular flexibility index (Phi) is 4.77. The molecule has 110 valence electrons. The second kappa shape index (κ2) is 6.74. The van der Waals surface area contributed by atoms with Gasteiger partial charge in [0.2, 0.25) is 5.91 Å². The number of hydrogen-bond donors (Lipinski definition) is 2. The summed E-state index contributed by atoms with van der Waals surface area (Å²) in [6, 6.07) is 11.8. The van der Waals surface area contributed by atoms with Gasteiger partial charge in [0.25, 0.3) is 0 Å². The molecule has 2 aromatic rings. The van der Waals surface area contributed by atoms with Gasteiger partial charge in [-0.3, -0.25) is 4.79 Å². The third-order valence-corrected chi connectivity index (χ3v) is 2.98. The van der Waals surface area contributed by atoms with Gasteiger partial charge in [-0.15, -0.1) is 0 Å². The Labute approximate surface area is 122 Å². The van der Waals surface area contributed by atoms with Crippen molar-refractivity contribution in [1.82, 2.24) is 0 Å². The predicted molar refractivity (Wildman–Crippen MR) is 81.3 cm³/mol. The molecule has 5 heteroatoms. The van der Waals surface area contributed by atoms with Crippen LogP contribution in [0, 0.1) is 12.7 Å². The van der Waals surface area contributed by atoms with Crippen molar-refractivity contribution < 1.29 is 13.9 Å². The highest BCUT2D eigenvalue weighted by molar-refractivity contribution is 5.93. The molecule has 0 bridgehead atoms. The molecule has 0 saturated carbocycles. The molecular formula is C16H17FN2O2. The van der Waals surface area contributed by atoms with Crippen molar-refractivity contribution in [3.63, 3.8) is 0 Å². The number of nitrogens with one attached hydrogen (secondary N) is 2. The first kappa shape index (κ1) is 14.8. The number of methoxy groups -OCH3 is 1. The number of anilines is 2. The second-order valence-corrected chi connectivity index (χ2v) is 4.60. The second-order valence-electron chi connectivity index (χ2n) is 4.60. The highest BCUT2D eigenvalue weighted by atomic mass is 19.1. The lowest BCUT2D eigenvalue weighted by atomic mass is 10.2. The molecule has 0 fully saturated rings. The molecule has 0 radical (unpaired) electrons. The minimum atomic E-state index is -0.298. The quantitative estimate of drug-likeness (QED) is 0.888. The zero-order valence-electron chi connectivity index (χ0n) is 11.9. The maximum Gasteiger partial charge on any atom is 0.243 e. The summed E-state index contributed by atoms with van der Waals surface area (Å²) in [6.07, 6.45) is 0. The molecular weight excluding hydrogens is 271 g/mol. The first-order valence-electron chi connectivity index (χ1n) is 6.52. The zero-order valence-corrected chi connectivity index (χ0v) is 11.9. The molecule has 0 aliphatic heterocycles. The van der Waals surface area contributed by atoms with Crippen LogP contribution >= 0.6 is 0 Å². The molecule has 0 aliphatic carbocycles. The molecule has 1 amide bonds. The van der Waals surface area contributed by atoms with Crippen molar-refractivity contribution in [2.75, 3.05) is 24.3 Å². The minimum absolute atomic E-state index is 0.0553. The summed E-state index contributed by atoms with van der Waals surface area (Å²) in [5.74, 6) is 0.152. The van der Waals surface area contributed by atoms with Crippen molar-refractivity contribution in [2.24, 2.45) is 0 Å². The summed E-state index contributed by atoms with van der Waals surface area (Å²) in [4.78, 5) is 11.8. The number of aryl methyl sites for hydroxylation is 1. The summed E-state index contributed by atoms with van der Waals surface area (Å²) in [5, 5.41) is 5.62. The Bertz CT molecular complexity index is 644. The van der Waals surface area contributed by atoms with Gasteiger partial charge in [-0.1, -0.05) is 12.1 Å². The van der Waals surface area contributed by atoms with E-state index in [-0.39, 0.29) is 18.3 Å². The Morgan fingerprint density at radius 3 is 2.71 bits per heavy atom. The van der Waals surface area contributed by atoms with E-state index in [4.69, 9.17) is 4.74 Å². The van der Waals surface area contributed by atoms with Crippen molar-refractivity contribution in [3.05, 3.63) is 53.8 Å². The van der Waals surface area contributed by atoms with E-state index < -0.39 is 0 Å². The van der Waals surface area contributed by atoms with E-state index in [0.717, 1.165) is 0 Å². The summed E-state index contributed by atoms with van der Waals surface area (Å²) in [6.45, 7) is 1.74. The maximum atomic E-state index is 13.4. The van der Waals surface area contributed by atoms with E-state index in [9.17, 15) is 9.18 Å². The number of halogens is 1. The van der Waals surface area contributed by atoms with Crippen molar-refractivity contribution >= 4 is 17.3 Å². The molecule has 4 nitrogen and oxygen atoms in total. The van der Waals surface area contributed by atoms with Crippen LogP contribution in [0.3, 0.4) is 0 Å². The van der Waals surface area contributed by atoms with Crippen molar-refractivity contribution in [1.29, 1.82) is 0 Å². The summed E-state index contributed by atoms with van der Waals surface area (Å²) >= 11 is 0. The van der Waals surface area contributed by atoms with Crippen LogP contribution in [-0.2, 0) is 4.79 Å². The lowest BCUT2D eigenvalue weighted by Gasteiger charge is -2.09. The SMILES string of the molecule is COc1cccc(NC(=O)CNc2ccc(C)c(F)c2)c1. The largest absolute Gasteiger partial charge is 0.497 e. The molecule has 0 heterocycles. The van der Waals surface area contributed by atoms with Gasteiger partial charge in [0, 0.05) is 17.4 Å². The van der Waals surface area contributed by atoms with Crippen LogP contribution in [0.25, 0.3) is 0 Å². The standard InChI is InChI=1S/C16H17FN2O2/c1-11-6-7-12(9-15(11)17)18-10-16(20)19-13-4-3-5-14(8-13)21-2/h3-9,18H,10H2,1-2H3,(H,19,20). The Morgan fingerprint density at radius 2 is 2.00 bits per heavy atom. The molecule has 0 aromatic heterocycles. The van der Waals surface area contributed by atoms with Gasteiger partial charge in [-0.25, -0.2) is 4.39 Å². The van der Waals surface area contributed by atoms with Gasteiger partial charge < -0.3 is 15.4 Å². The van der Waals surface area contributed by atoms with Crippen LogP contribution < -0.4 is 15.4 Å². The zero-order chi connectivity index (χ0) is 15.2. The molecule has 2 aromatic carbocycles. The smallest absolute Gasteiger partial charge is 0.243 e. The third-order valence-electron chi connectivity index (χ3n) is 2.98. The van der Waals surface area contributed by atoms with Gasteiger partial charge in [0.05, 0.1) is 13.7 Å². The van der Waals surface area contributed by atoms with Crippen molar-refractivity contribution in [2.45, 2.75) is 6.92 Å². The van der Waals surface area contributed by atoms with E-state index in [1.807, 2.05) is 0 Å². The molecule has 0 aliphatic rings. The number of amides is 1. The first-order chi connectivity index (χ1) is 10.1. The summed E-state index contributed by atoms with van der Waals surface area (Å²) in [5.41, 5.74) is 1.79. The monoisotopic (exact) mass is 288 g/mol. The predicted octanol–water partition coefficient (Wildman–Crippen LogP) is 3.19. The summed E-state index contributed by atoms with van der Waals surface area (Å²) in [7, 11) is 1.56. The first-order valence-corrected chi connectivity index (χ1v) is 6.52.